The predicted octanol–water partition coefficient (Wildman–Crippen LogP) is 4.10. The van der Waals surface area contributed by atoms with Gasteiger partial charge in [0.05, 0.1) is 29.5 Å². The standard InChI is InChI=1S/C25H27N3O3/c1-4-31-24(30)18-6-5-16-13-22-15(2)25(3,19(16)11-18)9-10-28(22)23(29)17-7-8-20-21(12-17)27-14-26-20/h5-8,11-12,14-15,22H,4,9-10,13H2,1-3H3,(H,26,27)/t15?,22-,25?/m0/s1. The fraction of sp³-hybridized carbons (Fsp3) is 0.400. The lowest BCUT2D eigenvalue weighted by Crippen LogP contribution is -2.59. The van der Waals surface area contributed by atoms with Crippen molar-refractivity contribution in [2.75, 3.05) is 13.2 Å². The van der Waals surface area contributed by atoms with Crippen LogP contribution < -0.4 is 0 Å². The van der Waals surface area contributed by atoms with Crippen molar-refractivity contribution in [3.63, 3.8) is 0 Å². The zero-order chi connectivity index (χ0) is 21.8. The van der Waals surface area contributed by atoms with E-state index >= 15 is 0 Å². The van der Waals surface area contributed by atoms with Gasteiger partial charge < -0.3 is 14.6 Å². The highest BCUT2D eigenvalue weighted by atomic mass is 16.5. The number of imidazole rings is 1. The lowest BCUT2D eigenvalue weighted by molar-refractivity contribution is 0.0250. The van der Waals surface area contributed by atoms with E-state index in [1.165, 1.54) is 11.1 Å². The van der Waals surface area contributed by atoms with Crippen LogP contribution in [0.5, 0.6) is 0 Å². The van der Waals surface area contributed by atoms with Gasteiger partial charge >= 0.3 is 5.97 Å². The molecule has 6 nitrogen and oxygen atoms in total. The second kappa shape index (κ2) is 7.22. The first-order valence-electron chi connectivity index (χ1n) is 11.0. The minimum atomic E-state index is -0.273. The molecule has 31 heavy (non-hydrogen) atoms. The Hall–Kier alpha value is -3.15. The summed E-state index contributed by atoms with van der Waals surface area (Å²) >= 11 is 0. The molecule has 0 saturated carbocycles. The van der Waals surface area contributed by atoms with Gasteiger partial charge in [-0.1, -0.05) is 19.9 Å². The van der Waals surface area contributed by atoms with Gasteiger partial charge in [-0.2, -0.15) is 0 Å². The number of likely N-dealkylation sites (tertiary alicyclic amines) is 1. The maximum Gasteiger partial charge on any atom is 0.338 e. The van der Waals surface area contributed by atoms with Crippen LogP contribution in [-0.2, 0) is 16.6 Å². The fourth-order valence-corrected chi connectivity index (χ4v) is 5.45. The number of benzene rings is 2. The summed E-state index contributed by atoms with van der Waals surface area (Å²) < 4.78 is 5.21. The van der Waals surface area contributed by atoms with E-state index in [2.05, 4.69) is 23.8 Å². The van der Waals surface area contributed by atoms with Crippen molar-refractivity contribution in [2.45, 2.75) is 45.1 Å². The van der Waals surface area contributed by atoms with Crippen molar-refractivity contribution in [2.24, 2.45) is 5.92 Å². The number of aromatic nitrogens is 2. The van der Waals surface area contributed by atoms with Crippen LogP contribution in [0.15, 0.2) is 42.7 Å². The Morgan fingerprint density at radius 1 is 1.23 bits per heavy atom. The number of esters is 1. The Morgan fingerprint density at radius 3 is 2.84 bits per heavy atom. The zero-order valence-electron chi connectivity index (χ0n) is 18.1. The third-order valence-electron chi connectivity index (χ3n) is 7.45. The number of carbonyl (C=O) groups is 2. The molecule has 1 N–H and O–H groups in total. The summed E-state index contributed by atoms with van der Waals surface area (Å²) in [5, 5.41) is 0. The third-order valence-corrected chi connectivity index (χ3v) is 7.45. The van der Waals surface area contributed by atoms with E-state index in [1.807, 2.05) is 48.2 Å². The molecule has 3 aromatic rings. The minimum Gasteiger partial charge on any atom is -0.462 e. The Kier molecular flexibility index (Phi) is 4.61. The summed E-state index contributed by atoms with van der Waals surface area (Å²) in [5.74, 6) is 0.0820. The van der Waals surface area contributed by atoms with Gasteiger partial charge in [0.2, 0.25) is 0 Å². The molecule has 1 saturated heterocycles. The van der Waals surface area contributed by atoms with Crippen molar-refractivity contribution in [3.8, 4) is 0 Å². The first kappa shape index (κ1) is 19.8. The van der Waals surface area contributed by atoms with Crippen molar-refractivity contribution < 1.29 is 14.3 Å². The van der Waals surface area contributed by atoms with Crippen LogP contribution in [0, 0.1) is 5.92 Å². The fourth-order valence-electron chi connectivity index (χ4n) is 5.45. The molecule has 2 aliphatic rings. The Bertz CT molecular complexity index is 1180. The van der Waals surface area contributed by atoms with E-state index < -0.39 is 0 Å². The number of rotatable bonds is 3. The molecular weight excluding hydrogens is 390 g/mol. The number of ether oxygens (including phenoxy) is 1. The molecule has 3 atom stereocenters. The van der Waals surface area contributed by atoms with Crippen molar-refractivity contribution in [3.05, 3.63) is 65.0 Å². The second-order valence-corrected chi connectivity index (χ2v) is 8.95. The predicted molar refractivity (Wildman–Crippen MR) is 118 cm³/mol. The maximum atomic E-state index is 13.5. The quantitative estimate of drug-likeness (QED) is 0.651. The molecule has 2 heterocycles. The molecule has 6 heteroatoms. The molecule has 0 radical (unpaired) electrons. The van der Waals surface area contributed by atoms with E-state index in [1.54, 1.807) is 6.33 Å². The molecule has 2 unspecified atom stereocenters. The molecule has 1 fully saturated rings. The second-order valence-electron chi connectivity index (χ2n) is 8.95. The third kappa shape index (κ3) is 3.04. The Morgan fingerprint density at radius 2 is 2.03 bits per heavy atom. The molecule has 1 amide bonds. The average Bonchev–Trinajstić information content (AvgIpc) is 3.24. The molecule has 1 aromatic heterocycles. The van der Waals surface area contributed by atoms with E-state index in [9.17, 15) is 9.59 Å². The van der Waals surface area contributed by atoms with Gasteiger partial charge in [-0.15, -0.1) is 0 Å². The first-order chi connectivity index (χ1) is 14.9. The molecule has 2 aromatic carbocycles. The number of fused-ring (bicyclic) bond motifs is 5. The van der Waals surface area contributed by atoms with Crippen LogP contribution in [0.25, 0.3) is 11.0 Å². The monoisotopic (exact) mass is 417 g/mol. The maximum absolute atomic E-state index is 13.5. The number of carbonyl (C=O) groups excluding carboxylic acids is 2. The minimum absolute atomic E-state index is 0.0713. The van der Waals surface area contributed by atoms with Gasteiger partial charge in [0.25, 0.3) is 5.91 Å². The van der Waals surface area contributed by atoms with Gasteiger partial charge in [0, 0.05) is 18.2 Å². The Balaban J connectivity index is 1.48. The van der Waals surface area contributed by atoms with Gasteiger partial charge in [-0.25, -0.2) is 9.78 Å². The summed E-state index contributed by atoms with van der Waals surface area (Å²) in [6.07, 6.45) is 3.31. The number of nitrogens with one attached hydrogen (secondary N) is 1. The van der Waals surface area contributed by atoms with Gasteiger partial charge in [0.1, 0.15) is 0 Å². The Labute approximate surface area is 181 Å². The van der Waals surface area contributed by atoms with Crippen LogP contribution >= 0.6 is 0 Å². The van der Waals surface area contributed by atoms with E-state index in [0.29, 0.717) is 24.3 Å². The summed E-state index contributed by atoms with van der Waals surface area (Å²) in [7, 11) is 0. The molecular formula is C25H27N3O3. The summed E-state index contributed by atoms with van der Waals surface area (Å²) in [6, 6.07) is 11.7. The van der Waals surface area contributed by atoms with Crippen LogP contribution in [0.4, 0.5) is 0 Å². The van der Waals surface area contributed by atoms with E-state index in [4.69, 9.17) is 4.74 Å². The van der Waals surface area contributed by atoms with Crippen LogP contribution in [-0.4, -0.2) is 45.9 Å². The average molecular weight is 418 g/mol. The molecule has 5 rings (SSSR count). The first-order valence-corrected chi connectivity index (χ1v) is 11.0. The van der Waals surface area contributed by atoms with Gasteiger partial charge in [-0.3, -0.25) is 4.79 Å². The van der Waals surface area contributed by atoms with Crippen LogP contribution in [0.2, 0.25) is 0 Å². The molecule has 1 aliphatic heterocycles. The van der Waals surface area contributed by atoms with Crippen molar-refractivity contribution in [1.29, 1.82) is 0 Å². The molecule has 2 bridgehead atoms. The molecule has 1 aliphatic carbocycles. The number of aromatic amines is 1. The van der Waals surface area contributed by atoms with Gasteiger partial charge in [-0.05, 0) is 72.6 Å². The summed E-state index contributed by atoms with van der Waals surface area (Å²) in [4.78, 5) is 35.1. The lowest BCUT2D eigenvalue weighted by atomic mass is 9.58. The highest BCUT2D eigenvalue weighted by Gasteiger charge is 2.49. The van der Waals surface area contributed by atoms with E-state index in [0.717, 1.165) is 23.9 Å². The highest BCUT2D eigenvalue weighted by molar-refractivity contribution is 5.97. The van der Waals surface area contributed by atoms with Gasteiger partial charge in [0.15, 0.2) is 0 Å². The zero-order valence-corrected chi connectivity index (χ0v) is 18.1. The topological polar surface area (TPSA) is 75.3 Å². The number of hydrogen-bond donors (Lipinski definition) is 1. The SMILES string of the molecule is CCOC(=O)c1ccc2c(c1)C1(C)CCN(C(=O)c3ccc4nc[nH]c4c3)[C@@H](C2)C1C. The highest BCUT2D eigenvalue weighted by Crippen LogP contribution is 2.49. The normalized spacial score (nSPS) is 24.7. The summed E-state index contributed by atoms with van der Waals surface area (Å²) in [6.45, 7) is 7.40. The van der Waals surface area contributed by atoms with Crippen molar-refractivity contribution >= 4 is 22.9 Å². The number of piperidine rings is 1. The van der Waals surface area contributed by atoms with E-state index in [-0.39, 0.29) is 29.3 Å². The van der Waals surface area contributed by atoms with Crippen LogP contribution in [0.1, 0.15) is 59.0 Å². The number of nitrogens with zero attached hydrogens (tertiary/aromatic N) is 2. The molecule has 0 spiro atoms. The summed E-state index contributed by atoms with van der Waals surface area (Å²) in [5.41, 5.74) is 5.41. The number of H-pyrrole nitrogens is 1. The largest absolute Gasteiger partial charge is 0.462 e. The molecule has 160 valence electrons. The number of amides is 1. The van der Waals surface area contributed by atoms with Crippen LogP contribution in [0.3, 0.4) is 0 Å². The number of hydrogen-bond acceptors (Lipinski definition) is 4. The lowest BCUT2D eigenvalue weighted by Gasteiger charge is -2.54. The smallest absolute Gasteiger partial charge is 0.338 e. The van der Waals surface area contributed by atoms with Crippen molar-refractivity contribution in [1.82, 2.24) is 14.9 Å².